The van der Waals surface area contributed by atoms with Gasteiger partial charge in [0.2, 0.25) is 0 Å². The molecule has 3 amide bonds. The maximum absolute atomic E-state index is 13.7. The Morgan fingerprint density at radius 3 is 2.16 bits per heavy atom. The first-order valence-corrected chi connectivity index (χ1v) is 21.7. The number of carbonyl (C=O) groups excluding carboxylic acids is 3. The molecule has 2 aromatic heterocycles. The summed E-state index contributed by atoms with van der Waals surface area (Å²) in [5, 5.41) is 15.5. The summed E-state index contributed by atoms with van der Waals surface area (Å²) in [5.41, 5.74) is 8.23. The summed E-state index contributed by atoms with van der Waals surface area (Å²) in [6, 6.07) is 23.8. The number of nitrogens with one attached hydrogen (secondary N) is 3. The van der Waals surface area contributed by atoms with Gasteiger partial charge in [0.25, 0.3) is 11.8 Å². The fourth-order valence-corrected chi connectivity index (χ4v) is 8.19. The Hall–Kier alpha value is -5.79. The van der Waals surface area contributed by atoms with Crippen LogP contribution in [0, 0.1) is 0 Å². The number of aromatic nitrogens is 3. The normalized spacial score (nSPS) is 16.4. The molecule has 2 aliphatic rings. The molecule has 7 rings (SSSR count). The molecule has 0 saturated carbocycles. The SMILES string of the molecule is CCc1nc2c(cnn2CC)c(NC2CCOCC2)c1CNC(=O)c1cccc(C(=O)NCc2cccc(-c3cccc(CN4CCN(C(=O)OC(C)(C)C)C(C)C4)c3)c2)c1. The Kier molecular flexibility index (Phi) is 13.7. The van der Waals surface area contributed by atoms with Crippen LogP contribution in [0.1, 0.15) is 97.5 Å². The number of nitrogens with zero attached hydrogens (tertiary/aromatic N) is 5. The lowest BCUT2D eigenvalue weighted by Crippen LogP contribution is -2.54. The molecule has 3 aromatic carbocycles. The van der Waals surface area contributed by atoms with Crippen LogP contribution in [-0.2, 0) is 42.1 Å². The summed E-state index contributed by atoms with van der Waals surface area (Å²) in [5.74, 6) is -0.535. The van der Waals surface area contributed by atoms with Crippen LogP contribution in [0.25, 0.3) is 22.2 Å². The van der Waals surface area contributed by atoms with E-state index in [4.69, 9.17) is 14.5 Å². The van der Waals surface area contributed by atoms with Gasteiger partial charge in [-0.05, 0) is 106 Å². The Bertz CT molecular complexity index is 2350. The number of rotatable bonds is 13. The first-order valence-electron chi connectivity index (χ1n) is 21.7. The summed E-state index contributed by atoms with van der Waals surface area (Å²) in [7, 11) is 0. The molecule has 1 unspecified atom stereocenters. The highest BCUT2D eigenvalue weighted by atomic mass is 16.6. The minimum absolute atomic E-state index is 0.0488. The van der Waals surface area contributed by atoms with Gasteiger partial charge in [0, 0.05) is 93.5 Å². The van der Waals surface area contributed by atoms with Gasteiger partial charge in [0.1, 0.15) is 5.60 Å². The zero-order chi connectivity index (χ0) is 43.1. The highest BCUT2D eigenvalue weighted by molar-refractivity contribution is 6.00. The third-order valence-corrected chi connectivity index (χ3v) is 11.4. The van der Waals surface area contributed by atoms with Crippen LogP contribution in [0.4, 0.5) is 10.5 Å². The molecule has 0 aliphatic carbocycles. The lowest BCUT2D eigenvalue weighted by atomic mass is 10.0. The Morgan fingerprint density at radius 1 is 0.852 bits per heavy atom. The minimum atomic E-state index is -0.520. The third kappa shape index (κ3) is 10.8. The van der Waals surface area contributed by atoms with Crippen molar-refractivity contribution in [2.24, 2.45) is 0 Å². The number of aryl methyl sites for hydroxylation is 2. The van der Waals surface area contributed by atoms with E-state index in [1.165, 1.54) is 5.56 Å². The molecule has 2 saturated heterocycles. The quantitative estimate of drug-likeness (QED) is 0.110. The molecule has 0 spiro atoms. The number of benzene rings is 3. The van der Waals surface area contributed by atoms with E-state index in [1.54, 1.807) is 24.3 Å². The molecule has 0 radical (unpaired) electrons. The second-order valence-corrected chi connectivity index (χ2v) is 17.1. The van der Waals surface area contributed by atoms with Gasteiger partial charge in [-0.3, -0.25) is 14.5 Å². The fraction of sp³-hybridized carbons (Fsp3) is 0.438. The molecule has 3 N–H and O–H groups in total. The van der Waals surface area contributed by atoms with Crippen molar-refractivity contribution in [3.63, 3.8) is 0 Å². The number of hydrogen-bond donors (Lipinski definition) is 3. The van der Waals surface area contributed by atoms with Gasteiger partial charge in [-0.25, -0.2) is 14.5 Å². The largest absolute Gasteiger partial charge is 0.444 e. The third-order valence-electron chi connectivity index (χ3n) is 11.4. The summed E-state index contributed by atoms with van der Waals surface area (Å²) < 4.78 is 13.1. The number of piperazine rings is 1. The molecule has 2 aliphatic heterocycles. The van der Waals surface area contributed by atoms with Crippen LogP contribution < -0.4 is 16.0 Å². The van der Waals surface area contributed by atoms with Gasteiger partial charge < -0.3 is 30.3 Å². The van der Waals surface area contributed by atoms with Crippen LogP contribution in [0.3, 0.4) is 0 Å². The Morgan fingerprint density at radius 2 is 1.51 bits per heavy atom. The van der Waals surface area contributed by atoms with Crippen molar-refractivity contribution in [3.8, 4) is 11.1 Å². The number of amides is 3. The zero-order valence-corrected chi connectivity index (χ0v) is 36.4. The smallest absolute Gasteiger partial charge is 0.410 e. The molecule has 4 heterocycles. The van der Waals surface area contributed by atoms with Crippen LogP contribution in [0.5, 0.6) is 0 Å². The second-order valence-electron chi connectivity index (χ2n) is 17.1. The molecule has 322 valence electrons. The van der Waals surface area contributed by atoms with Crippen molar-refractivity contribution >= 4 is 34.6 Å². The van der Waals surface area contributed by atoms with E-state index < -0.39 is 5.60 Å². The van der Waals surface area contributed by atoms with E-state index in [0.29, 0.717) is 50.4 Å². The molecular formula is C48H60N8O5. The molecule has 2 fully saturated rings. The highest BCUT2D eigenvalue weighted by Gasteiger charge is 2.31. The van der Waals surface area contributed by atoms with Crippen molar-refractivity contribution in [1.82, 2.24) is 35.2 Å². The van der Waals surface area contributed by atoms with E-state index in [-0.39, 0.29) is 36.5 Å². The maximum Gasteiger partial charge on any atom is 0.410 e. The van der Waals surface area contributed by atoms with E-state index in [9.17, 15) is 14.4 Å². The van der Waals surface area contributed by atoms with Gasteiger partial charge in [-0.15, -0.1) is 0 Å². The molecule has 61 heavy (non-hydrogen) atoms. The summed E-state index contributed by atoms with van der Waals surface area (Å²) in [6.45, 7) is 17.5. The van der Waals surface area contributed by atoms with Gasteiger partial charge in [-0.1, -0.05) is 49.4 Å². The first kappa shape index (κ1) is 43.3. The lowest BCUT2D eigenvalue weighted by Gasteiger charge is -2.40. The van der Waals surface area contributed by atoms with Crippen LogP contribution in [0.2, 0.25) is 0 Å². The lowest BCUT2D eigenvalue weighted by molar-refractivity contribution is 0.000540. The average molecular weight is 829 g/mol. The average Bonchev–Trinajstić information content (AvgIpc) is 3.68. The zero-order valence-electron chi connectivity index (χ0n) is 36.4. The number of anilines is 1. The summed E-state index contributed by atoms with van der Waals surface area (Å²) in [6.07, 6.45) is 4.09. The predicted octanol–water partition coefficient (Wildman–Crippen LogP) is 7.57. The monoisotopic (exact) mass is 828 g/mol. The molecule has 1 atom stereocenters. The minimum Gasteiger partial charge on any atom is -0.444 e. The Labute approximate surface area is 359 Å². The van der Waals surface area contributed by atoms with Gasteiger partial charge in [-0.2, -0.15) is 5.10 Å². The second kappa shape index (κ2) is 19.3. The van der Waals surface area contributed by atoms with Gasteiger partial charge >= 0.3 is 6.09 Å². The van der Waals surface area contributed by atoms with Gasteiger partial charge in [0.15, 0.2) is 5.65 Å². The van der Waals surface area contributed by atoms with Crippen LogP contribution in [-0.4, -0.2) is 93.0 Å². The number of fused-ring (bicyclic) bond motifs is 1. The van der Waals surface area contributed by atoms with Crippen LogP contribution >= 0.6 is 0 Å². The number of pyridine rings is 1. The first-order chi connectivity index (χ1) is 29.4. The van der Waals surface area contributed by atoms with Crippen molar-refractivity contribution in [2.45, 2.75) is 105 Å². The molecular weight excluding hydrogens is 769 g/mol. The molecule has 0 bridgehead atoms. The number of ether oxygens (including phenoxy) is 2. The van der Waals surface area contributed by atoms with Crippen molar-refractivity contribution < 1.29 is 23.9 Å². The maximum atomic E-state index is 13.7. The van der Waals surface area contributed by atoms with Crippen LogP contribution in [0.15, 0.2) is 79.0 Å². The predicted molar refractivity (Wildman–Crippen MR) is 238 cm³/mol. The molecule has 13 nitrogen and oxygen atoms in total. The molecule has 5 aromatic rings. The van der Waals surface area contributed by atoms with Crippen molar-refractivity contribution in [1.29, 1.82) is 0 Å². The highest BCUT2D eigenvalue weighted by Crippen LogP contribution is 2.31. The van der Waals surface area contributed by atoms with Crippen molar-refractivity contribution in [3.05, 3.63) is 113 Å². The van der Waals surface area contributed by atoms with E-state index in [0.717, 1.165) is 77.1 Å². The van der Waals surface area contributed by atoms with E-state index in [1.807, 2.05) is 48.7 Å². The van der Waals surface area contributed by atoms with E-state index in [2.05, 4.69) is 83.1 Å². The number of carbonyl (C=O) groups is 3. The summed E-state index contributed by atoms with van der Waals surface area (Å²) in [4.78, 5) is 49.0. The molecule has 13 heteroatoms. The Balaban J connectivity index is 0.966. The summed E-state index contributed by atoms with van der Waals surface area (Å²) >= 11 is 0. The standard InChI is InChI=1S/C48H60N8O5/c1-7-42-40(43(52-39-18-22-60-23-19-39)41-29-51-56(8-2)44(41)53-42)28-50-46(58)38-17-11-16-37(26-38)45(57)49-27-33-12-9-14-35(24-33)36-15-10-13-34(25-36)31-54-20-21-55(32(3)30-54)47(59)61-48(4,5)6/h9-17,24-26,29,32,39H,7-8,18-23,27-28,30-31H2,1-6H3,(H,49,57)(H,50,58)(H,52,53). The van der Waals surface area contributed by atoms with Crippen molar-refractivity contribution in [2.75, 3.05) is 38.2 Å². The number of hydrogen-bond acceptors (Lipinski definition) is 9. The fourth-order valence-electron chi connectivity index (χ4n) is 8.19. The van der Waals surface area contributed by atoms with E-state index >= 15 is 0 Å². The topological polar surface area (TPSA) is 143 Å². The van der Waals surface area contributed by atoms with Gasteiger partial charge in [0.05, 0.1) is 17.3 Å².